The first-order valence-electron chi connectivity index (χ1n) is 7.87. The molecule has 8 heteroatoms. The van der Waals surface area contributed by atoms with Crippen molar-refractivity contribution in [2.75, 3.05) is 11.9 Å². The number of amides is 1. The van der Waals surface area contributed by atoms with E-state index in [0.717, 1.165) is 24.6 Å². The molecule has 2 rings (SSSR count). The minimum atomic E-state index is -4.78. The largest absolute Gasteiger partial charge is 0.490 e. The molecule has 2 aromatic rings. The highest BCUT2D eigenvalue weighted by atomic mass is 19.4. The average Bonchev–Trinajstić information content (AvgIpc) is 2.59. The Hall–Kier alpha value is -3.05. The Balaban J connectivity index is 2.17. The van der Waals surface area contributed by atoms with Crippen LogP contribution >= 0.6 is 0 Å². The second-order valence-corrected chi connectivity index (χ2v) is 6.20. The van der Waals surface area contributed by atoms with Crippen molar-refractivity contribution in [3.05, 3.63) is 59.2 Å². The summed E-state index contributed by atoms with van der Waals surface area (Å²) in [6.45, 7) is 2.51. The van der Waals surface area contributed by atoms with Gasteiger partial charge in [-0.3, -0.25) is 4.79 Å². The number of carbonyl (C=O) groups is 1. The maximum absolute atomic E-state index is 13.2. The van der Waals surface area contributed by atoms with Gasteiger partial charge < -0.3 is 15.2 Å². The molecule has 142 valence electrons. The number of aliphatic hydroxyl groups is 1. The van der Waals surface area contributed by atoms with Crippen molar-refractivity contribution >= 4 is 11.6 Å². The van der Waals surface area contributed by atoms with Crippen LogP contribution in [0, 0.1) is 18.3 Å². The molecule has 1 unspecified atom stereocenters. The highest BCUT2D eigenvalue weighted by molar-refractivity contribution is 5.97. The van der Waals surface area contributed by atoms with Crippen LogP contribution in [0.1, 0.15) is 23.6 Å². The molecule has 0 spiro atoms. The number of carbonyl (C=O) groups excluding carboxylic acids is 1. The van der Waals surface area contributed by atoms with Gasteiger partial charge in [0.2, 0.25) is 0 Å². The first-order chi connectivity index (χ1) is 12.5. The van der Waals surface area contributed by atoms with Crippen LogP contribution in [-0.2, 0) is 11.0 Å². The molecular formula is C19H17F3N2O3. The zero-order valence-corrected chi connectivity index (χ0v) is 14.6. The van der Waals surface area contributed by atoms with Crippen molar-refractivity contribution < 1.29 is 27.8 Å². The maximum atomic E-state index is 13.2. The number of rotatable bonds is 5. The van der Waals surface area contributed by atoms with Crippen LogP contribution in [0.5, 0.6) is 5.75 Å². The van der Waals surface area contributed by atoms with Crippen molar-refractivity contribution in [3.8, 4) is 11.8 Å². The topological polar surface area (TPSA) is 82.3 Å². The third-order valence-electron chi connectivity index (χ3n) is 3.70. The van der Waals surface area contributed by atoms with E-state index in [4.69, 9.17) is 10.00 Å². The molecule has 0 aliphatic carbocycles. The first-order valence-corrected chi connectivity index (χ1v) is 7.87. The van der Waals surface area contributed by atoms with Crippen molar-refractivity contribution in [2.45, 2.75) is 25.6 Å². The lowest BCUT2D eigenvalue weighted by Gasteiger charge is -2.24. The van der Waals surface area contributed by atoms with E-state index in [2.05, 4.69) is 5.32 Å². The van der Waals surface area contributed by atoms with Gasteiger partial charge in [-0.15, -0.1) is 0 Å². The van der Waals surface area contributed by atoms with E-state index in [1.54, 1.807) is 24.3 Å². The summed E-state index contributed by atoms with van der Waals surface area (Å²) in [5, 5.41) is 21.1. The summed E-state index contributed by atoms with van der Waals surface area (Å²) in [4.78, 5) is 12.3. The third-order valence-corrected chi connectivity index (χ3v) is 3.70. The fourth-order valence-corrected chi connectivity index (χ4v) is 2.21. The third kappa shape index (κ3) is 5.21. The lowest BCUT2D eigenvalue weighted by Crippen LogP contribution is -2.45. The molecule has 0 aliphatic rings. The molecule has 0 saturated carbocycles. The number of nitrogens with one attached hydrogen (secondary N) is 1. The molecule has 0 fully saturated rings. The minimum Gasteiger partial charge on any atom is -0.490 e. The normalized spacial score (nSPS) is 13.4. The van der Waals surface area contributed by atoms with Gasteiger partial charge in [-0.2, -0.15) is 18.4 Å². The molecule has 0 radical (unpaired) electrons. The number of benzene rings is 2. The molecule has 0 aromatic heterocycles. The molecule has 0 saturated heterocycles. The summed E-state index contributed by atoms with van der Waals surface area (Å²) in [7, 11) is 0. The molecule has 1 atom stereocenters. The van der Waals surface area contributed by atoms with E-state index in [-0.39, 0.29) is 5.56 Å². The van der Waals surface area contributed by atoms with Gasteiger partial charge in [-0.05, 0) is 49.7 Å². The monoisotopic (exact) mass is 378 g/mol. The van der Waals surface area contributed by atoms with Gasteiger partial charge in [-0.25, -0.2) is 0 Å². The average molecular weight is 378 g/mol. The summed E-state index contributed by atoms with van der Waals surface area (Å²) < 4.78 is 44.9. The van der Waals surface area contributed by atoms with E-state index in [1.165, 1.54) is 0 Å². The molecule has 27 heavy (non-hydrogen) atoms. The van der Waals surface area contributed by atoms with E-state index in [9.17, 15) is 23.1 Å². The quantitative estimate of drug-likeness (QED) is 0.832. The van der Waals surface area contributed by atoms with Crippen LogP contribution in [-0.4, -0.2) is 23.2 Å². The molecule has 2 aromatic carbocycles. The predicted octanol–water partition coefficient (Wildman–Crippen LogP) is 3.65. The zero-order chi connectivity index (χ0) is 20.2. The zero-order valence-electron chi connectivity index (χ0n) is 14.6. The van der Waals surface area contributed by atoms with Crippen LogP contribution in [0.15, 0.2) is 42.5 Å². The smallest absolute Gasteiger partial charge is 0.418 e. The number of aryl methyl sites for hydroxylation is 1. The molecule has 0 bridgehead atoms. The van der Waals surface area contributed by atoms with Gasteiger partial charge in [0.15, 0.2) is 5.60 Å². The van der Waals surface area contributed by atoms with Crippen molar-refractivity contribution in [1.82, 2.24) is 0 Å². The number of anilines is 1. The molecular weight excluding hydrogens is 361 g/mol. The summed E-state index contributed by atoms with van der Waals surface area (Å²) in [5.74, 6) is -0.650. The van der Waals surface area contributed by atoms with E-state index in [1.807, 2.05) is 13.0 Å². The van der Waals surface area contributed by atoms with Crippen LogP contribution < -0.4 is 10.1 Å². The van der Waals surface area contributed by atoms with Gasteiger partial charge in [-0.1, -0.05) is 12.1 Å². The van der Waals surface area contributed by atoms with Crippen LogP contribution in [0.3, 0.4) is 0 Å². The van der Waals surface area contributed by atoms with Gasteiger partial charge in [0, 0.05) is 0 Å². The van der Waals surface area contributed by atoms with E-state index < -0.39 is 35.5 Å². The Morgan fingerprint density at radius 3 is 2.56 bits per heavy atom. The Bertz CT molecular complexity index is 886. The van der Waals surface area contributed by atoms with E-state index >= 15 is 0 Å². The standard InChI is InChI=1S/C19H17F3N2O3/c1-12-4-3-5-14(8-12)27-11-18(2,26)17(25)24-16-7-6-13(10-23)9-15(16)19(20,21)22/h3-9,26H,11H2,1-2H3,(H,24,25). The molecule has 0 aliphatic heterocycles. The number of ether oxygens (including phenoxy) is 1. The summed E-state index contributed by atoms with van der Waals surface area (Å²) in [6, 6.07) is 11.2. The first kappa shape index (κ1) is 20.3. The minimum absolute atomic E-state index is 0.199. The lowest BCUT2D eigenvalue weighted by molar-refractivity contribution is -0.137. The molecule has 5 nitrogen and oxygen atoms in total. The van der Waals surface area contributed by atoms with Crippen LogP contribution in [0.25, 0.3) is 0 Å². The highest BCUT2D eigenvalue weighted by Crippen LogP contribution is 2.35. The summed E-state index contributed by atoms with van der Waals surface area (Å²) in [5.41, 5.74) is -3.10. The lowest BCUT2D eigenvalue weighted by atomic mass is 10.1. The van der Waals surface area contributed by atoms with Gasteiger partial charge in [0.25, 0.3) is 5.91 Å². The fourth-order valence-electron chi connectivity index (χ4n) is 2.21. The predicted molar refractivity (Wildman–Crippen MR) is 92.1 cm³/mol. The number of nitriles is 1. The summed E-state index contributed by atoms with van der Waals surface area (Å²) >= 11 is 0. The van der Waals surface area contributed by atoms with Crippen molar-refractivity contribution in [1.29, 1.82) is 5.26 Å². The van der Waals surface area contributed by atoms with Gasteiger partial charge in [0.1, 0.15) is 12.4 Å². The van der Waals surface area contributed by atoms with Crippen molar-refractivity contribution in [3.63, 3.8) is 0 Å². The maximum Gasteiger partial charge on any atom is 0.418 e. The second kappa shape index (κ2) is 7.68. The Labute approximate surface area is 154 Å². The van der Waals surface area contributed by atoms with Crippen LogP contribution in [0.2, 0.25) is 0 Å². The summed E-state index contributed by atoms with van der Waals surface area (Å²) in [6.07, 6.45) is -4.78. The SMILES string of the molecule is Cc1cccc(OCC(C)(O)C(=O)Nc2ccc(C#N)cc2C(F)(F)F)c1. The Morgan fingerprint density at radius 1 is 1.26 bits per heavy atom. The molecule has 1 amide bonds. The molecule has 2 N–H and O–H groups in total. The van der Waals surface area contributed by atoms with Crippen molar-refractivity contribution in [2.24, 2.45) is 0 Å². The van der Waals surface area contributed by atoms with E-state index in [0.29, 0.717) is 11.8 Å². The molecule has 0 heterocycles. The highest BCUT2D eigenvalue weighted by Gasteiger charge is 2.37. The fraction of sp³-hybridized carbons (Fsp3) is 0.263. The van der Waals surface area contributed by atoms with Crippen LogP contribution in [0.4, 0.5) is 18.9 Å². The van der Waals surface area contributed by atoms with Gasteiger partial charge in [0.05, 0.1) is 22.9 Å². The number of hydrogen-bond donors (Lipinski definition) is 2. The second-order valence-electron chi connectivity index (χ2n) is 6.20. The number of halogens is 3. The number of alkyl halides is 3. The number of nitrogens with zero attached hydrogens (tertiary/aromatic N) is 1. The Kier molecular flexibility index (Phi) is 5.76. The number of hydrogen-bond acceptors (Lipinski definition) is 4. The van der Waals surface area contributed by atoms with Gasteiger partial charge >= 0.3 is 6.18 Å². The Morgan fingerprint density at radius 2 is 1.96 bits per heavy atom.